The molecule has 14 atom stereocenters. The maximum absolute atomic E-state index is 14.1. The Labute approximate surface area is 271 Å². The highest BCUT2D eigenvalue weighted by Gasteiger charge is 2.89. The van der Waals surface area contributed by atoms with Gasteiger partial charge in [-0.05, 0) is 30.5 Å². The van der Waals surface area contributed by atoms with Crippen molar-refractivity contribution in [3.63, 3.8) is 0 Å². The third-order valence-corrected chi connectivity index (χ3v) is 13.2. The zero-order valence-electron chi connectivity index (χ0n) is 27.8. The Morgan fingerprint density at radius 1 is 1.02 bits per heavy atom. The van der Waals surface area contributed by atoms with Gasteiger partial charge in [-0.15, -0.1) is 0 Å². The van der Waals surface area contributed by atoms with Gasteiger partial charge in [-0.1, -0.05) is 37.3 Å². The average molecular weight is 640 g/mol. The Hall–Kier alpha value is -2.34. The van der Waals surface area contributed by atoms with E-state index in [0.29, 0.717) is 26.0 Å². The van der Waals surface area contributed by atoms with Gasteiger partial charge in [0.1, 0.15) is 11.7 Å². The van der Waals surface area contributed by atoms with Crippen molar-refractivity contribution in [1.29, 1.82) is 0 Å². The Morgan fingerprint density at radius 3 is 2.41 bits per heavy atom. The van der Waals surface area contributed by atoms with Crippen LogP contribution in [0.1, 0.15) is 38.7 Å². The second kappa shape index (κ2) is 11.7. The Balaban J connectivity index is 1.46. The summed E-state index contributed by atoms with van der Waals surface area (Å²) >= 11 is 0. The summed E-state index contributed by atoms with van der Waals surface area (Å²) in [5, 5.41) is 12.1. The third kappa shape index (κ3) is 4.10. The first-order valence-electron chi connectivity index (χ1n) is 16.8. The summed E-state index contributed by atoms with van der Waals surface area (Å²) in [7, 11) is 6.88. The molecule has 46 heavy (non-hydrogen) atoms. The molecular weight excluding hydrogens is 590 g/mol. The van der Waals surface area contributed by atoms with Gasteiger partial charge in [0.05, 0.1) is 31.0 Å². The second-order valence-corrected chi connectivity index (χ2v) is 14.6. The predicted octanol–water partition coefficient (Wildman–Crippen LogP) is 2.96. The minimum atomic E-state index is -1.07. The van der Waals surface area contributed by atoms with Crippen molar-refractivity contribution < 1.29 is 43.1 Å². The molecule has 1 aromatic carbocycles. The fourth-order valence-electron chi connectivity index (χ4n) is 12.3. The normalized spacial score (nSPS) is 46.8. The fraction of sp³-hybridized carbons (Fsp3) is 0.722. The van der Waals surface area contributed by atoms with Crippen LogP contribution in [0.15, 0.2) is 36.4 Å². The van der Waals surface area contributed by atoms with Crippen LogP contribution in [-0.2, 0) is 38.0 Å². The lowest BCUT2D eigenvalue weighted by Crippen LogP contribution is -2.79. The maximum Gasteiger partial charge on any atom is 0.331 e. The highest BCUT2D eigenvalue weighted by Crippen LogP contribution is 2.80. The number of rotatable bonds is 10. The Morgan fingerprint density at radius 2 is 1.78 bits per heavy atom. The molecule has 1 aliphatic heterocycles. The molecule has 0 amide bonds. The van der Waals surface area contributed by atoms with Gasteiger partial charge in [-0.2, -0.15) is 0 Å². The van der Waals surface area contributed by atoms with Crippen molar-refractivity contribution in [2.75, 3.05) is 48.1 Å². The van der Waals surface area contributed by atoms with Gasteiger partial charge >= 0.3 is 11.9 Å². The molecule has 1 saturated heterocycles. The van der Waals surface area contributed by atoms with E-state index >= 15 is 0 Å². The van der Waals surface area contributed by atoms with Crippen LogP contribution in [0.4, 0.5) is 0 Å². The van der Waals surface area contributed by atoms with E-state index < -0.39 is 34.6 Å². The molecule has 6 aliphatic rings. The highest BCUT2D eigenvalue weighted by atomic mass is 16.6. The molecule has 252 valence electrons. The van der Waals surface area contributed by atoms with Crippen molar-refractivity contribution in [3.8, 4) is 0 Å². The van der Waals surface area contributed by atoms with Crippen molar-refractivity contribution in [2.45, 2.75) is 75.3 Å². The molecule has 1 spiro atoms. The van der Waals surface area contributed by atoms with Crippen molar-refractivity contribution in [2.24, 2.45) is 40.4 Å². The van der Waals surface area contributed by atoms with Crippen LogP contribution >= 0.6 is 0 Å². The van der Waals surface area contributed by atoms with Gasteiger partial charge in [0.25, 0.3) is 0 Å². The summed E-state index contributed by atoms with van der Waals surface area (Å²) in [5.74, 6) is -1.66. The molecule has 2 unspecified atom stereocenters. The minimum absolute atomic E-state index is 0.0534. The summed E-state index contributed by atoms with van der Waals surface area (Å²) in [4.78, 5) is 29.3. The smallest absolute Gasteiger partial charge is 0.331 e. The second-order valence-electron chi connectivity index (χ2n) is 14.6. The highest BCUT2D eigenvalue weighted by molar-refractivity contribution is 5.87. The SMILES string of the molecule is CCN1C[C@]2(COC)[C@H](O)C[C@H](OC)[C@@]34C5C[C@@H]6[C@@H](OC)C[C@@](OC(=O)/C=C/c7ccccc7)(C5[C@H]6OC(C)=O)[C@@H]([C@H](OC)[C@H]23)[C@H]14. The van der Waals surface area contributed by atoms with E-state index in [-0.39, 0.29) is 59.9 Å². The molecular formula is C36H49NO9. The van der Waals surface area contributed by atoms with Gasteiger partial charge in [0, 0.05) is 101 Å². The quantitative estimate of drug-likeness (QED) is 0.303. The number of nitrogens with zero attached hydrogens (tertiary/aromatic N) is 1. The number of hydrogen-bond donors (Lipinski definition) is 1. The van der Waals surface area contributed by atoms with Crippen molar-refractivity contribution >= 4 is 18.0 Å². The van der Waals surface area contributed by atoms with E-state index in [9.17, 15) is 14.7 Å². The summed E-state index contributed by atoms with van der Waals surface area (Å²) in [5.41, 5.74) is -1.27. The van der Waals surface area contributed by atoms with Crippen LogP contribution in [0.25, 0.3) is 6.08 Å². The zero-order chi connectivity index (χ0) is 32.6. The number of hydrogen-bond acceptors (Lipinski definition) is 10. The number of ether oxygens (including phenoxy) is 6. The van der Waals surface area contributed by atoms with Gasteiger partial charge in [0.15, 0.2) is 0 Å². The molecule has 10 nitrogen and oxygen atoms in total. The third-order valence-electron chi connectivity index (χ3n) is 13.2. The molecule has 0 aromatic heterocycles. The molecule has 5 aliphatic carbocycles. The van der Waals surface area contributed by atoms with E-state index in [2.05, 4.69) is 11.8 Å². The summed E-state index contributed by atoms with van der Waals surface area (Å²) in [6.45, 7) is 5.35. The lowest BCUT2D eigenvalue weighted by molar-refractivity contribution is -0.297. The number of benzene rings is 1. The maximum atomic E-state index is 14.1. The fourth-order valence-corrected chi connectivity index (χ4v) is 12.3. The number of piperidine rings is 1. The number of carbonyl (C=O) groups is 2. The zero-order valence-corrected chi connectivity index (χ0v) is 27.8. The predicted molar refractivity (Wildman–Crippen MR) is 167 cm³/mol. The monoisotopic (exact) mass is 639 g/mol. The van der Waals surface area contributed by atoms with Gasteiger partial charge in [-0.3, -0.25) is 9.69 Å². The molecule has 1 aromatic rings. The van der Waals surface area contributed by atoms with E-state index in [0.717, 1.165) is 18.5 Å². The van der Waals surface area contributed by atoms with Crippen LogP contribution in [0.3, 0.4) is 0 Å². The number of aliphatic hydroxyl groups is 1. The standard InChI is InChI=1S/C36H49NO9/c1-7-37-18-34(19-41-3)25(39)16-26(43-5)36-23-15-22-24(42-4)17-35(28(23)30(22)45-20(2)38,29(33(36)37)31(44-6)32(34)36)46-27(40)14-13-21-11-9-8-10-12-21/h8-14,22-26,28-33,39H,7,15-19H2,1-6H3/b14-13+/t22-,23?,24+,25-,26+,28?,29+,30+,31+,32-,33+,34+,35-,36+/m1/s1. The van der Waals surface area contributed by atoms with E-state index in [1.54, 1.807) is 34.5 Å². The Kier molecular flexibility index (Phi) is 8.17. The van der Waals surface area contributed by atoms with E-state index in [1.807, 2.05) is 30.3 Å². The summed E-state index contributed by atoms with van der Waals surface area (Å²) in [6.07, 6.45) is 2.81. The molecule has 6 fully saturated rings. The largest absolute Gasteiger partial charge is 0.462 e. The Bertz CT molecular complexity index is 1360. The molecule has 7 bridgehead atoms. The first-order valence-corrected chi connectivity index (χ1v) is 16.8. The van der Waals surface area contributed by atoms with Gasteiger partial charge < -0.3 is 33.5 Å². The number of likely N-dealkylation sites (tertiary alicyclic amines) is 1. The number of carbonyl (C=O) groups excluding carboxylic acids is 2. The average Bonchev–Trinajstić information content (AvgIpc) is 3.46. The number of fused-ring (bicyclic) bond motifs is 2. The molecule has 1 heterocycles. The van der Waals surface area contributed by atoms with Gasteiger partial charge in [0.2, 0.25) is 0 Å². The topological polar surface area (TPSA) is 113 Å². The van der Waals surface area contributed by atoms with Crippen LogP contribution in [0, 0.1) is 40.4 Å². The number of methoxy groups -OCH3 is 4. The number of esters is 2. The summed E-state index contributed by atoms with van der Waals surface area (Å²) < 4.78 is 38.4. The van der Waals surface area contributed by atoms with Crippen molar-refractivity contribution in [3.05, 3.63) is 42.0 Å². The molecule has 5 saturated carbocycles. The van der Waals surface area contributed by atoms with E-state index in [4.69, 9.17) is 28.4 Å². The molecule has 7 rings (SSSR count). The van der Waals surface area contributed by atoms with Crippen LogP contribution in [-0.4, -0.2) is 112 Å². The van der Waals surface area contributed by atoms with Crippen LogP contribution in [0.5, 0.6) is 0 Å². The minimum Gasteiger partial charge on any atom is -0.462 e. The van der Waals surface area contributed by atoms with Crippen LogP contribution < -0.4 is 0 Å². The van der Waals surface area contributed by atoms with Gasteiger partial charge in [-0.25, -0.2) is 4.79 Å². The van der Waals surface area contributed by atoms with Crippen molar-refractivity contribution in [1.82, 2.24) is 4.90 Å². The van der Waals surface area contributed by atoms with E-state index in [1.165, 1.54) is 13.0 Å². The molecule has 10 heteroatoms. The first-order chi connectivity index (χ1) is 22.2. The lowest BCUT2D eigenvalue weighted by Gasteiger charge is -2.70. The summed E-state index contributed by atoms with van der Waals surface area (Å²) in [6, 6.07) is 9.61. The first kappa shape index (κ1) is 32.2. The van der Waals surface area contributed by atoms with Crippen LogP contribution in [0.2, 0.25) is 0 Å². The lowest BCUT2D eigenvalue weighted by atomic mass is 9.42. The molecule has 1 N–H and O–H groups in total. The molecule has 0 radical (unpaired) electrons. The number of aliphatic hydroxyl groups excluding tert-OH is 1.